The standard InChI is InChI=1S/C8H17N3O/c1-2-10-8(12)6-3-4-7(5-6)11-9/h6-7,11H,2-5,9H2,1H3,(H,10,12)/t6-,7+/m0/s1. The Kier molecular flexibility index (Phi) is 3.49. The number of rotatable bonds is 3. The van der Waals surface area contributed by atoms with Crippen LogP contribution in [0.5, 0.6) is 0 Å². The van der Waals surface area contributed by atoms with Crippen molar-refractivity contribution in [2.45, 2.75) is 32.2 Å². The monoisotopic (exact) mass is 171 g/mol. The summed E-state index contributed by atoms with van der Waals surface area (Å²) in [7, 11) is 0. The number of hydrazine groups is 1. The molecule has 0 aromatic carbocycles. The Balaban J connectivity index is 2.31. The van der Waals surface area contributed by atoms with Crippen LogP contribution in [0.3, 0.4) is 0 Å². The highest BCUT2D eigenvalue weighted by molar-refractivity contribution is 5.78. The van der Waals surface area contributed by atoms with E-state index in [4.69, 9.17) is 5.84 Å². The molecule has 4 nitrogen and oxygen atoms in total. The van der Waals surface area contributed by atoms with Gasteiger partial charge in [0.2, 0.25) is 5.91 Å². The van der Waals surface area contributed by atoms with E-state index in [1.807, 2.05) is 6.92 Å². The summed E-state index contributed by atoms with van der Waals surface area (Å²) in [5.41, 5.74) is 2.71. The van der Waals surface area contributed by atoms with Crippen molar-refractivity contribution in [3.8, 4) is 0 Å². The molecule has 1 rings (SSSR count). The highest BCUT2D eigenvalue weighted by atomic mass is 16.1. The molecule has 1 saturated carbocycles. The van der Waals surface area contributed by atoms with Crippen LogP contribution in [-0.4, -0.2) is 18.5 Å². The number of hydrogen-bond acceptors (Lipinski definition) is 3. The molecular formula is C8H17N3O. The molecule has 12 heavy (non-hydrogen) atoms. The average molecular weight is 171 g/mol. The first-order chi connectivity index (χ1) is 5.77. The van der Waals surface area contributed by atoms with Crippen LogP contribution in [0, 0.1) is 5.92 Å². The zero-order chi connectivity index (χ0) is 8.97. The summed E-state index contributed by atoms with van der Waals surface area (Å²) in [5.74, 6) is 5.64. The SMILES string of the molecule is CCNC(=O)[C@H]1CC[C@@H](NN)C1. The van der Waals surface area contributed by atoms with E-state index >= 15 is 0 Å². The molecular weight excluding hydrogens is 154 g/mol. The van der Waals surface area contributed by atoms with E-state index in [2.05, 4.69) is 10.7 Å². The van der Waals surface area contributed by atoms with E-state index in [1.54, 1.807) is 0 Å². The Labute approximate surface area is 72.9 Å². The van der Waals surface area contributed by atoms with Gasteiger partial charge in [-0.25, -0.2) is 0 Å². The van der Waals surface area contributed by atoms with E-state index in [0.29, 0.717) is 6.04 Å². The highest BCUT2D eigenvalue weighted by Crippen LogP contribution is 2.24. The van der Waals surface area contributed by atoms with Crippen LogP contribution in [-0.2, 0) is 4.79 Å². The Hall–Kier alpha value is -0.610. The first-order valence-electron chi connectivity index (χ1n) is 4.51. The van der Waals surface area contributed by atoms with Gasteiger partial charge < -0.3 is 5.32 Å². The summed E-state index contributed by atoms with van der Waals surface area (Å²) in [5, 5.41) is 2.82. The van der Waals surface area contributed by atoms with Gasteiger partial charge in [0.25, 0.3) is 0 Å². The molecule has 0 saturated heterocycles. The first-order valence-corrected chi connectivity index (χ1v) is 4.51. The lowest BCUT2D eigenvalue weighted by Crippen LogP contribution is -2.34. The van der Waals surface area contributed by atoms with Crippen molar-refractivity contribution in [2.75, 3.05) is 6.54 Å². The maximum Gasteiger partial charge on any atom is 0.223 e. The molecule has 4 N–H and O–H groups in total. The van der Waals surface area contributed by atoms with Gasteiger partial charge in [0.1, 0.15) is 0 Å². The van der Waals surface area contributed by atoms with Crippen molar-refractivity contribution in [2.24, 2.45) is 11.8 Å². The van der Waals surface area contributed by atoms with Gasteiger partial charge in [0, 0.05) is 18.5 Å². The zero-order valence-corrected chi connectivity index (χ0v) is 7.47. The second-order valence-corrected chi connectivity index (χ2v) is 3.27. The van der Waals surface area contributed by atoms with Crippen molar-refractivity contribution in [3.63, 3.8) is 0 Å². The molecule has 1 amide bonds. The average Bonchev–Trinajstić information content (AvgIpc) is 2.52. The molecule has 0 spiro atoms. The lowest BCUT2D eigenvalue weighted by Gasteiger charge is -2.09. The van der Waals surface area contributed by atoms with Crippen LogP contribution < -0.4 is 16.6 Å². The van der Waals surface area contributed by atoms with E-state index in [-0.39, 0.29) is 11.8 Å². The Morgan fingerprint density at radius 1 is 1.58 bits per heavy atom. The number of nitrogens with one attached hydrogen (secondary N) is 2. The highest BCUT2D eigenvalue weighted by Gasteiger charge is 2.28. The fourth-order valence-corrected chi connectivity index (χ4v) is 1.69. The smallest absolute Gasteiger partial charge is 0.223 e. The third-order valence-corrected chi connectivity index (χ3v) is 2.39. The molecule has 0 heterocycles. The normalized spacial score (nSPS) is 28.8. The predicted octanol–water partition coefficient (Wildman–Crippen LogP) is -0.245. The summed E-state index contributed by atoms with van der Waals surface area (Å²) in [6.07, 6.45) is 2.85. The first kappa shape index (κ1) is 9.48. The molecule has 2 atom stereocenters. The molecule has 1 aliphatic carbocycles. The molecule has 0 aliphatic heterocycles. The van der Waals surface area contributed by atoms with Crippen molar-refractivity contribution < 1.29 is 4.79 Å². The summed E-state index contributed by atoms with van der Waals surface area (Å²) < 4.78 is 0. The van der Waals surface area contributed by atoms with Gasteiger partial charge in [-0.05, 0) is 26.2 Å². The van der Waals surface area contributed by atoms with Gasteiger partial charge in [0.05, 0.1) is 0 Å². The maximum atomic E-state index is 11.3. The minimum absolute atomic E-state index is 0.172. The number of carbonyl (C=O) groups is 1. The second-order valence-electron chi connectivity index (χ2n) is 3.27. The van der Waals surface area contributed by atoms with Crippen molar-refractivity contribution in [1.82, 2.24) is 10.7 Å². The Bertz CT molecular complexity index is 160. The van der Waals surface area contributed by atoms with Crippen molar-refractivity contribution in [1.29, 1.82) is 0 Å². The fraction of sp³-hybridized carbons (Fsp3) is 0.875. The van der Waals surface area contributed by atoms with E-state index in [1.165, 1.54) is 0 Å². The van der Waals surface area contributed by atoms with Crippen LogP contribution in [0.2, 0.25) is 0 Å². The minimum atomic E-state index is 0.172. The quantitative estimate of drug-likeness (QED) is 0.405. The number of hydrogen-bond donors (Lipinski definition) is 3. The summed E-state index contributed by atoms with van der Waals surface area (Å²) in [6.45, 7) is 2.65. The minimum Gasteiger partial charge on any atom is -0.356 e. The molecule has 70 valence electrons. The number of nitrogens with two attached hydrogens (primary N) is 1. The van der Waals surface area contributed by atoms with Crippen LogP contribution in [0.4, 0.5) is 0 Å². The third-order valence-electron chi connectivity index (χ3n) is 2.39. The molecule has 0 bridgehead atoms. The van der Waals surface area contributed by atoms with Gasteiger partial charge >= 0.3 is 0 Å². The van der Waals surface area contributed by atoms with E-state index < -0.39 is 0 Å². The molecule has 0 aromatic rings. The lowest BCUT2D eigenvalue weighted by molar-refractivity contribution is -0.124. The van der Waals surface area contributed by atoms with Crippen molar-refractivity contribution in [3.05, 3.63) is 0 Å². The topological polar surface area (TPSA) is 67.2 Å². The summed E-state index contributed by atoms with van der Waals surface area (Å²) in [4.78, 5) is 11.3. The number of amides is 1. The van der Waals surface area contributed by atoms with E-state index in [9.17, 15) is 4.79 Å². The molecule has 0 unspecified atom stereocenters. The molecule has 4 heteroatoms. The second kappa shape index (κ2) is 4.42. The van der Waals surface area contributed by atoms with Crippen LogP contribution in [0.1, 0.15) is 26.2 Å². The molecule has 1 fully saturated rings. The summed E-state index contributed by atoms with van der Waals surface area (Å²) >= 11 is 0. The number of carbonyl (C=O) groups excluding carboxylic acids is 1. The molecule has 0 aromatic heterocycles. The predicted molar refractivity (Wildman–Crippen MR) is 47.1 cm³/mol. The van der Waals surface area contributed by atoms with Gasteiger partial charge in [-0.1, -0.05) is 0 Å². The van der Waals surface area contributed by atoms with Crippen LogP contribution in [0.15, 0.2) is 0 Å². The fourth-order valence-electron chi connectivity index (χ4n) is 1.69. The third kappa shape index (κ3) is 2.19. The lowest BCUT2D eigenvalue weighted by atomic mass is 10.1. The van der Waals surface area contributed by atoms with Crippen LogP contribution >= 0.6 is 0 Å². The maximum absolute atomic E-state index is 11.3. The molecule has 0 radical (unpaired) electrons. The van der Waals surface area contributed by atoms with Gasteiger partial charge in [-0.2, -0.15) is 0 Å². The van der Waals surface area contributed by atoms with Gasteiger partial charge in [-0.15, -0.1) is 0 Å². The van der Waals surface area contributed by atoms with Gasteiger partial charge in [0.15, 0.2) is 0 Å². The van der Waals surface area contributed by atoms with Crippen LogP contribution in [0.25, 0.3) is 0 Å². The van der Waals surface area contributed by atoms with Gasteiger partial charge in [-0.3, -0.25) is 16.1 Å². The molecule has 1 aliphatic rings. The Morgan fingerprint density at radius 3 is 2.83 bits per heavy atom. The largest absolute Gasteiger partial charge is 0.356 e. The van der Waals surface area contributed by atoms with Crippen molar-refractivity contribution >= 4 is 5.91 Å². The summed E-state index contributed by atoms with van der Waals surface area (Å²) in [6, 6.07) is 0.331. The Morgan fingerprint density at radius 2 is 2.33 bits per heavy atom. The van der Waals surface area contributed by atoms with E-state index in [0.717, 1.165) is 25.8 Å². The zero-order valence-electron chi connectivity index (χ0n) is 7.47.